The molecule has 1 amide bonds. The van der Waals surface area contributed by atoms with E-state index in [4.69, 9.17) is 0 Å². The predicted octanol–water partition coefficient (Wildman–Crippen LogP) is 0.227. The van der Waals surface area contributed by atoms with Crippen LogP contribution in [-0.2, 0) is 21.2 Å². The standard InChI is InChI=1S/C12H14N2O3S/c15-12-4-10-7-18(16,17)8-11(10)14(12)6-9-2-1-3-13-5-9/h1-3,5,10-11H,4,6-8H2/t10-,11+/m1/s1. The average molecular weight is 266 g/mol. The second-order valence-corrected chi connectivity index (χ2v) is 7.15. The third kappa shape index (κ3) is 2.01. The van der Waals surface area contributed by atoms with E-state index in [1.807, 2.05) is 12.1 Å². The number of hydrogen-bond acceptors (Lipinski definition) is 4. The van der Waals surface area contributed by atoms with Crippen LogP contribution < -0.4 is 0 Å². The third-order valence-electron chi connectivity index (χ3n) is 3.67. The molecule has 3 rings (SSSR count). The lowest BCUT2D eigenvalue weighted by molar-refractivity contribution is -0.129. The summed E-state index contributed by atoms with van der Waals surface area (Å²) in [5.74, 6) is 0.319. The zero-order valence-electron chi connectivity index (χ0n) is 9.82. The van der Waals surface area contributed by atoms with E-state index < -0.39 is 9.84 Å². The average Bonchev–Trinajstić information content (AvgIpc) is 2.74. The van der Waals surface area contributed by atoms with Crippen molar-refractivity contribution in [1.82, 2.24) is 9.88 Å². The minimum Gasteiger partial charge on any atom is -0.334 e. The number of fused-ring (bicyclic) bond motifs is 1. The van der Waals surface area contributed by atoms with Crippen LogP contribution in [0.1, 0.15) is 12.0 Å². The monoisotopic (exact) mass is 266 g/mol. The van der Waals surface area contributed by atoms with Crippen molar-refractivity contribution in [3.05, 3.63) is 30.1 Å². The summed E-state index contributed by atoms with van der Waals surface area (Å²) >= 11 is 0. The first kappa shape index (κ1) is 11.6. The molecule has 0 radical (unpaired) electrons. The molecular formula is C12H14N2O3S. The van der Waals surface area contributed by atoms with Gasteiger partial charge in [-0.3, -0.25) is 9.78 Å². The molecule has 1 aromatic heterocycles. The van der Waals surface area contributed by atoms with Crippen molar-refractivity contribution in [1.29, 1.82) is 0 Å². The Labute approximate surface area is 106 Å². The van der Waals surface area contributed by atoms with Gasteiger partial charge in [0.15, 0.2) is 9.84 Å². The molecule has 6 heteroatoms. The van der Waals surface area contributed by atoms with E-state index in [1.165, 1.54) is 0 Å². The van der Waals surface area contributed by atoms with Gasteiger partial charge in [0.2, 0.25) is 5.91 Å². The van der Waals surface area contributed by atoms with Gasteiger partial charge in [-0.25, -0.2) is 8.42 Å². The second kappa shape index (κ2) is 4.05. The van der Waals surface area contributed by atoms with Gasteiger partial charge in [0, 0.05) is 31.3 Å². The zero-order chi connectivity index (χ0) is 12.8. The van der Waals surface area contributed by atoms with Crippen molar-refractivity contribution in [3.63, 3.8) is 0 Å². The Hall–Kier alpha value is -1.43. The molecule has 0 saturated carbocycles. The molecule has 2 aliphatic heterocycles. The van der Waals surface area contributed by atoms with Gasteiger partial charge in [-0.15, -0.1) is 0 Å². The normalized spacial score (nSPS) is 29.6. The van der Waals surface area contributed by atoms with Gasteiger partial charge in [0.05, 0.1) is 17.5 Å². The van der Waals surface area contributed by atoms with Crippen molar-refractivity contribution in [3.8, 4) is 0 Å². The van der Waals surface area contributed by atoms with Crippen LogP contribution >= 0.6 is 0 Å². The van der Waals surface area contributed by atoms with Crippen LogP contribution in [0.2, 0.25) is 0 Å². The summed E-state index contributed by atoms with van der Waals surface area (Å²) < 4.78 is 23.2. The number of nitrogens with zero attached hydrogens (tertiary/aromatic N) is 2. The summed E-state index contributed by atoms with van der Waals surface area (Å²) in [7, 11) is -2.96. The molecule has 0 aliphatic carbocycles. The number of amides is 1. The molecule has 0 spiro atoms. The van der Waals surface area contributed by atoms with E-state index in [2.05, 4.69) is 4.98 Å². The van der Waals surface area contributed by atoms with E-state index >= 15 is 0 Å². The first-order valence-corrected chi connectivity index (χ1v) is 7.76. The quantitative estimate of drug-likeness (QED) is 0.768. The van der Waals surface area contributed by atoms with Gasteiger partial charge >= 0.3 is 0 Å². The van der Waals surface area contributed by atoms with Gasteiger partial charge in [-0.05, 0) is 11.6 Å². The van der Waals surface area contributed by atoms with Crippen LogP contribution in [0.3, 0.4) is 0 Å². The summed E-state index contributed by atoms with van der Waals surface area (Å²) in [5, 5.41) is 0. The van der Waals surface area contributed by atoms with Crippen LogP contribution in [0.15, 0.2) is 24.5 Å². The smallest absolute Gasteiger partial charge is 0.223 e. The van der Waals surface area contributed by atoms with E-state index in [-0.39, 0.29) is 29.4 Å². The molecule has 1 aromatic rings. The highest BCUT2D eigenvalue weighted by atomic mass is 32.2. The number of sulfone groups is 1. The van der Waals surface area contributed by atoms with Gasteiger partial charge in [0.25, 0.3) is 0 Å². The molecule has 0 unspecified atom stereocenters. The summed E-state index contributed by atoms with van der Waals surface area (Å²) in [4.78, 5) is 17.6. The Bertz CT molecular complexity index is 570. The van der Waals surface area contributed by atoms with E-state index in [0.717, 1.165) is 5.56 Å². The number of likely N-dealkylation sites (tertiary alicyclic amines) is 1. The van der Waals surface area contributed by atoms with Gasteiger partial charge < -0.3 is 4.90 Å². The highest BCUT2D eigenvalue weighted by molar-refractivity contribution is 7.91. The molecule has 96 valence electrons. The molecule has 0 aromatic carbocycles. The fraction of sp³-hybridized carbons (Fsp3) is 0.500. The molecule has 0 N–H and O–H groups in total. The number of pyridine rings is 1. The van der Waals surface area contributed by atoms with Crippen LogP contribution in [0, 0.1) is 5.92 Å². The highest BCUT2D eigenvalue weighted by Gasteiger charge is 2.48. The molecule has 2 saturated heterocycles. The topological polar surface area (TPSA) is 67.3 Å². The van der Waals surface area contributed by atoms with Crippen molar-refractivity contribution in [2.75, 3.05) is 11.5 Å². The Balaban J connectivity index is 1.82. The number of aromatic nitrogens is 1. The lowest BCUT2D eigenvalue weighted by Gasteiger charge is -2.23. The maximum atomic E-state index is 11.9. The molecular weight excluding hydrogens is 252 g/mol. The van der Waals surface area contributed by atoms with Crippen molar-refractivity contribution >= 4 is 15.7 Å². The summed E-state index contributed by atoms with van der Waals surface area (Å²) in [6, 6.07) is 3.58. The molecule has 2 fully saturated rings. The minimum atomic E-state index is -2.96. The SMILES string of the molecule is O=C1C[C@@H]2CS(=O)(=O)C[C@@H]2N1Cc1cccnc1. The molecule has 18 heavy (non-hydrogen) atoms. The predicted molar refractivity (Wildman–Crippen MR) is 65.3 cm³/mol. The van der Waals surface area contributed by atoms with Crippen LogP contribution in [0.5, 0.6) is 0 Å². The molecule has 2 aliphatic rings. The van der Waals surface area contributed by atoms with E-state index in [9.17, 15) is 13.2 Å². The van der Waals surface area contributed by atoms with E-state index in [0.29, 0.717) is 13.0 Å². The number of carbonyl (C=O) groups excluding carboxylic acids is 1. The molecule has 5 nitrogen and oxygen atoms in total. The van der Waals surface area contributed by atoms with Gasteiger partial charge in [0.1, 0.15) is 0 Å². The lowest BCUT2D eigenvalue weighted by atomic mass is 10.1. The third-order valence-corrected chi connectivity index (χ3v) is 5.46. The van der Waals surface area contributed by atoms with Crippen molar-refractivity contribution < 1.29 is 13.2 Å². The molecule has 3 heterocycles. The Morgan fingerprint density at radius 2 is 2.22 bits per heavy atom. The van der Waals surface area contributed by atoms with Gasteiger partial charge in [-0.1, -0.05) is 6.07 Å². The summed E-state index contributed by atoms with van der Waals surface area (Å²) in [6.45, 7) is 0.462. The number of rotatable bonds is 2. The Kier molecular flexibility index (Phi) is 2.62. The van der Waals surface area contributed by atoms with Crippen LogP contribution in [0.4, 0.5) is 0 Å². The van der Waals surface area contributed by atoms with Crippen LogP contribution in [-0.4, -0.2) is 41.8 Å². The Morgan fingerprint density at radius 1 is 1.39 bits per heavy atom. The largest absolute Gasteiger partial charge is 0.334 e. The number of hydrogen-bond donors (Lipinski definition) is 0. The second-order valence-electron chi connectivity index (χ2n) is 4.99. The fourth-order valence-corrected chi connectivity index (χ4v) is 4.96. The maximum absolute atomic E-state index is 11.9. The molecule has 2 atom stereocenters. The minimum absolute atomic E-state index is 0.0147. The highest BCUT2D eigenvalue weighted by Crippen LogP contribution is 2.34. The fourth-order valence-electron chi connectivity index (χ4n) is 2.86. The van der Waals surface area contributed by atoms with Crippen molar-refractivity contribution in [2.45, 2.75) is 19.0 Å². The summed E-state index contributed by atoms with van der Waals surface area (Å²) in [5.41, 5.74) is 0.941. The molecule has 0 bridgehead atoms. The summed E-state index contributed by atoms with van der Waals surface area (Å²) in [6.07, 6.45) is 3.76. The zero-order valence-corrected chi connectivity index (χ0v) is 10.6. The van der Waals surface area contributed by atoms with E-state index in [1.54, 1.807) is 17.3 Å². The maximum Gasteiger partial charge on any atom is 0.223 e. The van der Waals surface area contributed by atoms with Crippen molar-refractivity contribution in [2.24, 2.45) is 5.92 Å². The number of carbonyl (C=O) groups is 1. The Morgan fingerprint density at radius 3 is 2.94 bits per heavy atom. The first-order valence-electron chi connectivity index (χ1n) is 5.94. The van der Waals surface area contributed by atoms with Gasteiger partial charge in [-0.2, -0.15) is 0 Å². The lowest BCUT2D eigenvalue weighted by Crippen LogP contribution is -2.35. The van der Waals surface area contributed by atoms with Crippen LogP contribution in [0.25, 0.3) is 0 Å². The first-order chi connectivity index (χ1) is 8.55.